The molecule has 1 aliphatic rings. The molecule has 2 aromatic carbocycles. The van der Waals surface area contributed by atoms with Crippen LogP contribution >= 0.6 is 11.6 Å². The molecule has 3 aromatic rings. The Balaban J connectivity index is 1.60. The Hall–Kier alpha value is -2.63. The number of aromatic nitrogens is 2. The molecular formula is C20H18ClN3O2. The maximum atomic E-state index is 12.2. The highest BCUT2D eigenvalue weighted by molar-refractivity contribution is 6.50. The van der Waals surface area contributed by atoms with Gasteiger partial charge in [-0.3, -0.25) is 4.79 Å². The molecule has 0 atom stereocenters. The van der Waals surface area contributed by atoms with Gasteiger partial charge in [-0.1, -0.05) is 35.9 Å². The van der Waals surface area contributed by atoms with Crippen LogP contribution < -0.4 is 10.5 Å². The van der Waals surface area contributed by atoms with Gasteiger partial charge >= 0.3 is 0 Å². The minimum absolute atomic E-state index is 0.195. The fourth-order valence-corrected chi connectivity index (χ4v) is 3.23. The first-order valence-electron chi connectivity index (χ1n) is 8.50. The number of ether oxygens (including phenoxy) is 1. The minimum atomic E-state index is -0.195. The summed E-state index contributed by atoms with van der Waals surface area (Å²) in [6, 6.07) is 15.4. The molecule has 2 heterocycles. The van der Waals surface area contributed by atoms with Crippen molar-refractivity contribution in [1.82, 2.24) is 9.97 Å². The van der Waals surface area contributed by atoms with E-state index in [9.17, 15) is 4.79 Å². The van der Waals surface area contributed by atoms with Crippen molar-refractivity contribution in [3.05, 3.63) is 70.3 Å². The first-order valence-corrected chi connectivity index (χ1v) is 8.88. The van der Waals surface area contributed by atoms with Crippen LogP contribution in [-0.4, -0.2) is 36.3 Å². The summed E-state index contributed by atoms with van der Waals surface area (Å²) >= 11 is 6.40. The molecule has 1 N–H and O–H groups in total. The third-order valence-electron chi connectivity index (χ3n) is 4.40. The first kappa shape index (κ1) is 16.8. The number of halogens is 1. The van der Waals surface area contributed by atoms with E-state index >= 15 is 0 Å². The van der Waals surface area contributed by atoms with Gasteiger partial charge in [0.1, 0.15) is 0 Å². The molecule has 0 bridgehead atoms. The van der Waals surface area contributed by atoms with Crippen LogP contribution in [0.15, 0.2) is 53.3 Å². The van der Waals surface area contributed by atoms with E-state index in [-0.39, 0.29) is 5.56 Å². The second kappa shape index (κ2) is 7.32. The fraction of sp³-hybridized carbons (Fsp3) is 0.200. The van der Waals surface area contributed by atoms with Crippen molar-refractivity contribution in [2.45, 2.75) is 0 Å². The monoisotopic (exact) mass is 367 g/mol. The Morgan fingerprint density at radius 3 is 2.62 bits per heavy atom. The van der Waals surface area contributed by atoms with Crippen LogP contribution in [-0.2, 0) is 4.74 Å². The topological polar surface area (TPSA) is 58.2 Å². The lowest BCUT2D eigenvalue weighted by molar-refractivity contribution is 0.122. The lowest BCUT2D eigenvalue weighted by atomic mass is 10.1. The number of nitrogens with zero attached hydrogens (tertiary/aromatic N) is 2. The Morgan fingerprint density at radius 1 is 1.12 bits per heavy atom. The van der Waals surface area contributed by atoms with Gasteiger partial charge in [0, 0.05) is 18.8 Å². The van der Waals surface area contributed by atoms with Crippen molar-refractivity contribution >= 4 is 39.3 Å². The maximum Gasteiger partial charge on any atom is 0.259 e. The molecule has 1 fully saturated rings. The second-order valence-corrected chi connectivity index (χ2v) is 6.52. The summed E-state index contributed by atoms with van der Waals surface area (Å²) in [5, 5.41) is 0.947. The van der Waals surface area contributed by atoms with Crippen LogP contribution in [0.1, 0.15) is 11.4 Å². The Labute approximate surface area is 155 Å². The van der Waals surface area contributed by atoms with Crippen LogP contribution in [0.3, 0.4) is 0 Å². The largest absolute Gasteiger partial charge is 0.378 e. The Kier molecular flexibility index (Phi) is 4.73. The summed E-state index contributed by atoms with van der Waals surface area (Å²) in [6.45, 7) is 3.32. The zero-order chi connectivity index (χ0) is 17.9. The summed E-state index contributed by atoms with van der Waals surface area (Å²) in [6.07, 6.45) is 1.80. The molecule has 0 radical (unpaired) electrons. The van der Waals surface area contributed by atoms with E-state index in [1.165, 1.54) is 5.69 Å². The summed E-state index contributed by atoms with van der Waals surface area (Å²) in [5.74, 6) is 0.368. The van der Waals surface area contributed by atoms with E-state index in [1.807, 2.05) is 24.3 Å². The van der Waals surface area contributed by atoms with Crippen molar-refractivity contribution in [2.24, 2.45) is 0 Å². The number of aromatic amines is 1. The highest BCUT2D eigenvalue weighted by Gasteiger charge is 2.11. The van der Waals surface area contributed by atoms with E-state index in [2.05, 4.69) is 27.0 Å². The van der Waals surface area contributed by atoms with Crippen LogP contribution in [0.25, 0.3) is 22.0 Å². The number of morpholine rings is 1. The predicted octanol–water partition coefficient (Wildman–Crippen LogP) is 3.50. The molecule has 0 saturated carbocycles. The molecule has 0 amide bonds. The lowest BCUT2D eigenvalue weighted by Crippen LogP contribution is -2.36. The normalized spacial score (nSPS) is 15.4. The first-order chi connectivity index (χ1) is 12.7. The van der Waals surface area contributed by atoms with Gasteiger partial charge in [0.25, 0.3) is 5.56 Å². The van der Waals surface area contributed by atoms with Gasteiger partial charge in [-0.25, -0.2) is 4.98 Å². The summed E-state index contributed by atoms with van der Waals surface area (Å²) < 4.78 is 5.38. The summed E-state index contributed by atoms with van der Waals surface area (Å²) in [5.41, 5.74) is 2.54. The molecule has 0 unspecified atom stereocenters. The molecule has 5 nitrogen and oxygen atoms in total. The zero-order valence-corrected chi connectivity index (χ0v) is 14.9. The highest BCUT2D eigenvalue weighted by atomic mass is 35.5. The zero-order valence-electron chi connectivity index (χ0n) is 14.1. The van der Waals surface area contributed by atoms with Gasteiger partial charge in [-0.15, -0.1) is 0 Å². The van der Waals surface area contributed by atoms with Crippen LogP contribution in [0.2, 0.25) is 0 Å². The minimum Gasteiger partial charge on any atom is -0.378 e. The predicted molar refractivity (Wildman–Crippen MR) is 106 cm³/mol. The number of anilines is 1. The molecule has 6 heteroatoms. The van der Waals surface area contributed by atoms with Crippen LogP contribution in [0.4, 0.5) is 5.69 Å². The maximum absolute atomic E-state index is 12.2. The smallest absolute Gasteiger partial charge is 0.259 e. The van der Waals surface area contributed by atoms with Crippen molar-refractivity contribution in [1.29, 1.82) is 0 Å². The van der Waals surface area contributed by atoms with Crippen molar-refractivity contribution in [3.63, 3.8) is 0 Å². The molecule has 0 aliphatic carbocycles. The Bertz CT molecular complexity index is 1010. The summed E-state index contributed by atoms with van der Waals surface area (Å²) in [7, 11) is 0. The third-order valence-corrected chi connectivity index (χ3v) is 4.69. The van der Waals surface area contributed by atoms with Gasteiger partial charge in [-0.05, 0) is 35.9 Å². The van der Waals surface area contributed by atoms with Gasteiger partial charge in [0.05, 0.1) is 29.1 Å². The van der Waals surface area contributed by atoms with E-state index in [1.54, 1.807) is 18.2 Å². The Morgan fingerprint density at radius 2 is 1.85 bits per heavy atom. The van der Waals surface area contributed by atoms with Gasteiger partial charge in [0.2, 0.25) is 0 Å². The van der Waals surface area contributed by atoms with E-state index < -0.39 is 0 Å². The third kappa shape index (κ3) is 3.49. The number of hydrogen-bond acceptors (Lipinski definition) is 4. The number of nitrogens with one attached hydrogen (secondary N) is 1. The number of hydrogen-bond donors (Lipinski definition) is 1. The number of para-hydroxylation sites is 1. The number of rotatable bonds is 3. The average Bonchev–Trinajstić information content (AvgIpc) is 2.69. The SMILES string of the molecule is O=c1[nH]c(C(Cl)=Cc2ccc(N3CCOCC3)cc2)nc2ccccc12. The number of H-pyrrole nitrogens is 1. The van der Waals surface area contributed by atoms with Crippen LogP contribution in [0.5, 0.6) is 0 Å². The highest BCUT2D eigenvalue weighted by Crippen LogP contribution is 2.22. The number of benzene rings is 2. The average molecular weight is 368 g/mol. The molecule has 1 saturated heterocycles. The molecule has 4 rings (SSSR count). The quantitative estimate of drug-likeness (QED) is 0.769. The molecule has 0 spiro atoms. The van der Waals surface area contributed by atoms with E-state index in [0.717, 1.165) is 31.9 Å². The molecular weight excluding hydrogens is 350 g/mol. The van der Waals surface area contributed by atoms with Gasteiger partial charge in [-0.2, -0.15) is 0 Å². The van der Waals surface area contributed by atoms with E-state index in [0.29, 0.717) is 21.8 Å². The van der Waals surface area contributed by atoms with Crippen molar-refractivity contribution < 1.29 is 4.74 Å². The standard InChI is InChI=1S/C20H18ClN3O2/c21-17(19-22-18-4-2-1-3-16(18)20(25)23-19)13-14-5-7-15(8-6-14)24-9-11-26-12-10-24/h1-8,13H,9-12H2,(H,22,23,25). The van der Waals surface area contributed by atoms with E-state index in [4.69, 9.17) is 16.3 Å². The second-order valence-electron chi connectivity index (χ2n) is 6.11. The lowest BCUT2D eigenvalue weighted by Gasteiger charge is -2.28. The molecule has 26 heavy (non-hydrogen) atoms. The molecule has 1 aromatic heterocycles. The van der Waals surface area contributed by atoms with Gasteiger partial charge in [0.15, 0.2) is 5.82 Å². The van der Waals surface area contributed by atoms with Crippen LogP contribution in [0, 0.1) is 0 Å². The van der Waals surface area contributed by atoms with Gasteiger partial charge < -0.3 is 14.6 Å². The molecule has 1 aliphatic heterocycles. The molecule has 132 valence electrons. The summed E-state index contributed by atoms with van der Waals surface area (Å²) in [4.78, 5) is 21.7. The fourth-order valence-electron chi connectivity index (χ4n) is 3.02. The van der Waals surface area contributed by atoms with Crippen molar-refractivity contribution in [2.75, 3.05) is 31.2 Å². The van der Waals surface area contributed by atoms with Crippen molar-refractivity contribution in [3.8, 4) is 0 Å². The number of fused-ring (bicyclic) bond motifs is 1.